The van der Waals surface area contributed by atoms with Crippen molar-refractivity contribution in [1.82, 2.24) is 20.1 Å². The topological polar surface area (TPSA) is 118 Å². The van der Waals surface area contributed by atoms with Crippen LogP contribution in [0.2, 0.25) is 0 Å². The normalized spacial score (nSPS) is 11.7. The number of anilines is 2. The zero-order valence-electron chi connectivity index (χ0n) is 19.2. The number of carboxylic acids is 1. The molecule has 0 radical (unpaired) electrons. The number of carbonyl (C=O) groups is 2. The molecule has 0 aliphatic heterocycles. The average molecular weight is 491 g/mol. The summed E-state index contributed by atoms with van der Waals surface area (Å²) in [6.45, 7) is 5.21. The number of halogens is 3. The second-order valence-corrected chi connectivity index (χ2v) is 8.46. The summed E-state index contributed by atoms with van der Waals surface area (Å²) >= 11 is 0. The van der Waals surface area contributed by atoms with Crippen molar-refractivity contribution in [2.24, 2.45) is 0 Å². The van der Waals surface area contributed by atoms with Gasteiger partial charge in [0.05, 0.1) is 12.1 Å². The van der Waals surface area contributed by atoms with E-state index >= 15 is 0 Å². The van der Waals surface area contributed by atoms with Gasteiger partial charge in [0.2, 0.25) is 5.82 Å². The Bertz CT molecular complexity index is 1200. The van der Waals surface area contributed by atoms with E-state index in [0.717, 1.165) is 16.8 Å². The molecule has 0 unspecified atom stereocenters. The first-order valence-electron chi connectivity index (χ1n) is 10.5. The van der Waals surface area contributed by atoms with E-state index in [1.54, 1.807) is 45.0 Å². The number of benzene rings is 2. The molecule has 1 aromatic heterocycles. The molecule has 186 valence electrons. The minimum absolute atomic E-state index is 0.0162. The third-order valence-electron chi connectivity index (χ3n) is 4.51. The van der Waals surface area contributed by atoms with Gasteiger partial charge in [0.25, 0.3) is 0 Å². The van der Waals surface area contributed by atoms with Crippen molar-refractivity contribution in [3.63, 3.8) is 0 Å². The number of hydrogen-bond donors (Lipinski definition) is 3. The molecular weight excluding hydrogens is 467 g/mol. The lowest BCUT2D eigenvalue weighted by Gasteiger charge is -2.19. The van der Waals surface area contributed by atoms with Gasteiger partial charge in [-0.05, 0) is 57.2 Å². The van der Waals surface area contributed by atoms with Crippen molar-refractivity contribution >= 4 is 23.4 Å². The van der Waals surface area contributed by atoms with E-state index in [2.05, 4.69) is 20.7 Å². The van der Waals surface area contributed by atoms with Crippen LogP contribution in [0.15, 0.2) is 48.5 Å². The number of amides is 1. The van der Waals surface area contributed by atoms with Crippen molar-refractivity contribution in [3.05, 3.63) is 59.9 Å². The molecular formula is C23H24F3N5O4. The Labute approximate surface area is 198 Å². The lowest BCUT2D eigenvalue weighted by Crippen LogP contribution is -2.34. The van der Waals surface area contributed by atoms with Gasteiger partial charge < -0.3 is 20.5 Å². The molecule has 3 aromatic rings. The zero-order chi connectivity index (χ0) is 25.8. The molecule has 3 rings (SSSR count). The van der Waals surface area contributed by atoms with Gasteiger partial charge in [-0.2, -0.15) is 18.3 Å². The van der Waals surface area contributed by atoms with Crippen molar-refractivity contribution in [2.75, 3.05) is 11.9 Å². The number of ether oxygens (including phenoxy) is 1. The minimum Gasteiger partial charge on any atom is -0.475 e. The Balaban J connectivity index is 1.80. The van der Waals surface area contributed by atoms with Crippen LogP contribution in [0.5, 0.6) is 0 Å². The van der Waals surface area contributed by atoms with E-state index in [9.17, 15) is 27.9 Å². The van der Waals surface area contributed by atoms with Crippen LogP contribution in [-0.2, 0) is 17.5 Å². The van der Waals surface area contributed by atoms with Crippen LogP contribution in [0.25, 0.3) is 11.4 Å². The first-order chi connectivity index (χ1) is 16.3. The molecule has 3 N–H and O–H groups in total. The number of aromatic nitrogens is 3. The molecule has 1 heterocycles. The number of alkyl halides is 3. The Hall–Kier alpha value is -4.09. The number of nitrogens with one attached hydrogen (secondary N) is 2. The molecule has 0 atom stereocenters. The van der Waals surface area contributed by atoms with Gasteiger partial charge in [-0.25, -0.2) is 19.3 Å². The monoisotopic (exact) mass is 491 g/mol. The van der Waals surface area contributed by atoms with Gasteiger partial charge in [-0.1, -0.05) is 12.1 Å². The molecule has 0 aliphatic rings. The minimum atomic E-state index is -4.45. The highest BCUT2D eigenvalue weighted by Gasteiger charge is 2.30. The predicted molar refractivity (Wildman–Crippen MR) is 121 cm³/mol. The fraction of sp³-hybridized carbons (Fsp3) is 0.304. The SMILES string of the molecule is CC(C)(C)OC(=O)NCCn1nc(-c2ccccc2Nc2ccc(C(F)(F)F)cc2)nc1C(=O)O. The van der Waals surface area contributed by atoms with Gasteiger partial charge in [-0.15, -0.1) is 0 Å². The molecule has 0 spiro atoms. The first kappa shape index (κ1) is 25.5. The molecule has 0 bridgehead atoms. The second-order valence-electron chi connectivity index (χ2n) is 8.46. The van der Waals surface area contributed by atoms with Crippen molar-refractivity contribution in [3.8, 4) is 11.4 Å². The number of hydrogen-bond acceptors (Lipinski definition) is 6. The number of carboxylic acid groups (broad SMARTS) is 1. The summed E-state index contributed by atoms with van der Waals surface area (Å²) in [6, 6.07) is 11.2. The predicted octanol–water partition coefficient (Wildman–Crippen LogP) is 4.93. The summed E-state index contributed by atoms with van der Waals surface area (Å²) in [7, 11) is 0. The van der Waals surface area contributed by atoms with Gasteiger partial charge in [0.15, 0.2) is 5.82 Å². The molecule has 9 nitrogen and oxygen atoms in total. The molecule has 12 heteroatoms. The largest absolute Gasteiger partial charge is 0.475 e. The maximum absolute atomic E-state index is 12.8. The van der Waals surface area contributed by atoms with E-state index in [-0.39, 0.29) is 24.7 Å². The summed E-state index contributed by atoms with van der Waals surface area (Å²) in [5.41, 5.74) is -0.157. The van der Waals surface area contributed by atoms with Gasteiger partial charge in [0, 0.05) is 23.5 Å². The molecule has 0 fully saturated rings. The standard InChI is InChI=1S/C23H24F3N5O4/c1-22(2,3)35-21(34)27-12-13-31-19(20(32)33)29-18(30-31)16-6-4-5-7-17(16)28-15-10-8-14(9-11-15)23(24,25)26/h4-11,28H,12-13H2,1-3H3,(H,27,34)(H,32,33). The highest BCUT2D eigenvalue weighted by atomic mass is 19.4. The lowest BCUT2D eigenvalue weighted by molar-refractivity contribution is -0.137. The van der Waals surface area contributed by atoms with Crippen molar-refractivity contribution in [1.29, 1.82) is 0 Å². The summed E-state index contributed by atoms with van der Waals surface area (Å²) in [4.78, 5) is 27.6. The van der Waals surface area contributed by atoms with Crippen LogP contribution >= 0.6 is 0 Å². The number of carbonyl (C=O) groups excluding carboxylic acids is 1. The first-order valence-corrected chi connectivity index (χ1v) is 10.5. The van der Waals surface area contributed by atoms with E-state index in [0.29, 0.717) is 16.9 Å². The van der Waals surface area contributed by atoms with E-state index in [1.165, 1.54) is 12.1 Å². The Morgan fingerprint density at radius 3 is 2.31 bits per heavy atom. The number of para-hydroxylation sites is 1. The van der Waals surface area contributed by atoms with E-state index in [1.807, 2.05) is 0 Å². The molecule has 35 heavy (non-hydrogen) atoms. The van der Waals surface area contributed by atoms with Crippen LogP contribution in [0.3, 0.4) is 0 Å². The Morgan fingerprint density at radius 1 is 1.06 bits per heavy atom. The van der Waals surface area contributed by atoms with Crippen LogP contribution < -0.4 is 10.6 Å². The maximum atomic E-state index is 12.8. The molecule has 1 amide bonds. The summed E-state index contributed by atoms with van der Waals surface area (Å²) in [5, 5.41) is 19.3. The average Bonchev–Trinajstić information content (AvgIpc) is 3.17. The van der Waals surface area contributed by atoms with Crippen molar-refractivity contribution in [2.45, 2.75) is 39.1 Å². The number of alkyl carbamates (subject to hydrolysis) is 1. The lowest BCUT2D eigenvalue weighted by atomic mass is 10.1. The molecule has 0 aliphatic carbocycles. The third kappa shape index (κ3) is 6.95. The zero-order valence-corrected chi connectivity index (χ0v) is 19.2. The van der Waals surface area contributed by atoms with Crippen LogP contribution in [0.1, 0.15) is 37.0 Å². The fourth-order valence-electron chi connectivity index (χ4n) is 3.03. The third-order valence-corrected chi connectivity index (χ3v) is 4.51. The molecule has 2 aromatic carbocycles. The maximum Gasteiger partial charge on any atom is 0.416 e. The van der Waals surface area contributed by atoms with Crippen LogP contribution in [0.4, 0.5) is 29.3 Å². The molecule has 0 saturated carbocycles. The highest BCUT2D eigenvalue weighted by molar-refractivity contribution is 5.85. The van der Waals surface area contributed by atoms with Crippen LogP contribution in [0, 0.1) is 0 Å². The van der Waals surface area contributed by atoms with E-state index < -0.39 is 29.4 Å². The summed E-state index contributed by atoms with van der Waals surface area (Å²) in [5.74, 6) is -1.56. The Kier molecular flexibility index (Phi) is 7.32. The number of rotatable bonds is 7. The Morgan fingerprint density at radius 2 is 1.71 bits per heavy atom. The summed E-state index contributed by atoms with van der Waals surface area (Å²) < 4.78 is 44.8. The van der Waals surface area contributed by atoms with Crippen LogP contribution in [-0.4, -0.2) is 44.1 Å². The highest BCUT2D eigenvalue weighted by Crippen LogP contribution is 2.32. The number of aromatic carboxylic acids is 1. The van der Waals surface area contributed by atoms with Gasteiger partial charge in [-0.3, -0.25) is 0 Å². The quantitative estimate of drug-likeness (QED) is 0.429. The number of nitrogens with zero attached hydrogens (tertiary/aromatic N) is 3. The fourth-order valence-corrected chi connectivity index (χ4v) is 3.03. The van der Waals surface area contributed by atoms with Gasteiger partial charge >= 0.3 is 18.2 Å². The van der Waals surface area contributed by atoms with Gasteiger partial charge in [0.1, 0.15) is 5.60 Å². The van der Waals surface area contributed by atoms with E-state index in [4.69, 9.17) is 4.74 Å². The summed E-state index contributed by atoms with van der Waals surface area (Å²) in [6.07, 6.45) is -5.10. The van der Waals surface area contributed by atoms with Crippen molar-refractivity contribution < 1.29 is 32.6 Å². The smallest absolute Gasteiger partial charge is 0.416 e. The second kappa shape index (κ2) is 10.0. The molecule has 0 saturated heterocycles.